The highest BCUT2D eigenvalue weighted by molar-refractivity contribution is 7.08. The van der Waals surface area contributed by atoms with Crippen LogP contribution in [0.3, 0.4) is 0 Å². The quantitative estimate of drug-likeness (QED) is 0.800. The first kappa shape index (κ1) is 15.6. The topological polar surface area (TPSA) is 42.9 Å². The number of aryl methyl sites for hydroxylation is 2. The first-order valence-corrected chi connectivity index (χ1v) is 7.15. The number of nitrogens with zero attached hydrogens (tertiary/aromatic N) is 2. The molecule has 3 nitrogen and oxygen atoms in total. The Balaban J connectivity index is 2.38. The van der Waals surface area contributed by atoms with Gasteiger partial charge in [0.05, 0.1) is 11.3 Å². The number of hydrogen-bond donors (Lipinski definition) is 0. The second-order valence-corrected chi connectivity index (χ2v) is 5.41. The molecule has 112 valence electrons. The van der Waals surface area contributed by atoms with Gasteiger partial charge < -0.3 is 0 Å². The minimum absolute atomic E-state index is 0.256. The number of carbonyl (C=O) groups excluding carboxylic acids is 1. The van der Waals surface area contributed by atoms with Crippen LogP contribution < -0.4 is 0 Å². The van der Waals surface area contributed by atoms with Crippen LogP contribution >= 0.6 is 11.5 Å². The highest BCUT2D eigenvalue weighted by Crippen LogP contribution is 2.31. The lowest BCUT2D eigenvalue weighted by Crippen LogP contribution is -2.09. The molecule has 0 atom stereocenters. The molecule has 21 heavy (non-hydrogen) atoms. The Morgan fingerprint density at radius 1 is 1.33 bits per heavy atom. The molecule has 0 aliphatic rings. The van der Waals surface area contributed by atoms with Crippen LogP contribution in [0.5, 0.6) is 0 Å². The van der Waals surface area contributed by atoms with E-state index in [1.165, 1.54) is 13.0 Å². The summed E-state index contributed by atoms with van der Waals surface area (Å²) in [6.45, 7) is 3.45. The van der Waals surface area contributed by atoms with E-state index in [0.29, 0.717) is 22.6 Å². The van der Waals surface area contributed by atoms with Crippen molar-refractivity contribution >= 4 is 17.3 Å². The summed E-state index contributed by atoms with van der Waals surface area (Å²) >= 11 is 0.978. The third kappa shape index (κ3) is 3.29. The lowest BCUT2D eigenvalue weighted by atomic mass is 9.99. The van der Waals surface area contributed by atoms with Crippen LogP contribution in [-0.2, 0) is 12.6 Å². The van der Waals surface area contributed by atoms with Gasteiger partial charge in [-0.05, 0) is 42.6 Å². The Morgan fingerprint density at radius 3 is 2.62 bits per heavy atom. The Bertz CT molecular complexity index is 664. The molecule has 1 heterocycles. The van der Waals surface area contributed by atoms with E-state index in [4.69, 9.17) is 0 Å². The molecule has 0 saturated heterocycles. The van der Waals surface area contributed by atoms with Gasteiger partial charge >= 0.3 is 6.18 Å². The minimum Gasteiger partial charge on any atom is -0.288 e. The Hall–Kier alpha value is -1.76. The SMILES string of the molecule is CCCc1nnsc1C(=O)c1ccc(C(F)(F)F)cc1C. The summed E-state index contributed by atoms with van der Waals surface area (Å²) in [5, 5.41) is 3.91. The molecule has 2 aromatic rings. The van der Waals surface area contributed by atoms with Gasteiger partial charge in [0.1, 0.15) is 4.88 Å². The molecule has 0 fully saturated rings. The molecule has 1 aromatic carbocycles. The van der Waals surface area contributed by atoms with Crippen LogP contribution in [0.4, 0.5) is 13.2 Å². The van der Waals surface area contributed by atoms with Gasteiger partial charge in [-0.3, -0.25) is 4.79 Å². The zero-order chi connectivity index (χ0) is 15.6. The van der Waals surface area contributed by atoms with E-state index in [0.717, 1.165) is 30.1 Å². The maximum absolute atomic E-state index is 12.6. The van der Waals surface area contributed by atoms with Gasteiger partial charge in [-0.2, -0.15) is 13.2 Å². The van der Waals surface area contributed by atoms with Crippen molar-refractivity contribution in [2.24, 2.45) is 0 Å². The van der Waals surface area contributed by atoms with Crippen molar-refractivity contribution in [2.45, 2.75) is 32.9 Å². The van der Waals surface area contributed by atoms with Gasteiger partial charge in [-0.1, -0.05) is 23.9 Å². The fourth-order valence-electron chi connectivity index (χ4n) is 2.00. The fraction of sp³-hybridized carbons (Fsp3) is 0.357. The molecule has 0 bridgehead atoms. The van der Waals surface area contributed by atoms with Gasteiger partial charge in [0.15, 0.2) is 0 Å². The summed E-state index contributed by atoms with van der Waals surface area (Å²) in [6.07, 6.45) is -2.97. The number of halogens is 3. The zero-order valence-electron chi connectivity index (χ0n) is 11.5. The first-order valence-electron chi connectivity index (χ1n) is 6.38. The molecular weight excluding hydrogens is 301 g/mol. The molecule has 0 saturated carbocycles. The fourth-order valence-corrected chi connectivity index (χ4v) is 2.66. The highest BCUT2D eigenvalue weighted by Gasteiger charge is 2.31. The monoisotopic (exact) mass is 314 g/mol. The van der Waals surface area contributed by atoms with Crippen LogP contribution in [0, 0.1) is 6.92 Å². The predicted molar refractivity (Wildman–Crippen MR) is 73.5 cm³/mol. The van der Waals surface area contributed by atoms with Crippen LogP contribution in [-0.4, -0.2) is 15.4 Å². The van der Waals surface area contributed by atoms with Crippen molar-refractivity contribution in [3.63, 3.8) is 0 Å². The Kier molecular flexibility index (Phi) is 4.41. The number of aromatic nitrogens is 2. The molecular formula is C14H13F3N2OS. The standard InChI is InChI=1S/C14H13F3N2OS/c1-3-4-11-13(21-19-18-11)12(20)10-6-5-9(7-8(10)2)14(15,16)17/h5-7H,3-4H2,1-2H3. The van der Waals surface area contributed by atoms with E-state index in [9.17, 15) is 18.0 Å². The van der Waals surface area contributed by atoms with E-state index in [2.05, 4.69) is 9.59 Å². The van der Waals surface area contributed by atoms with Gasteiger partial charge in [0.25, 0.3) is 0 Å². The molecule has 0 N–H and O–H groups in total. The van der Waals surface area contributed by atoms with E-state index in [-0.39, 0.29) is 11.3 Å². The second kappa shape index (κ2) is 5.93. The van der Waals surface area contributed by atoms with Crippen molar-refractivity contribution in [1.29, 1.82) is 0 Å². The largest absolute Gasteiger partial charge is 0.416 e. The molecule has 1 aromatic heterocycles. The van der Waals surface area contributed by atoms with E-state index in [1.54, 1.807) is 0 Å². The average molecular weight is 314 g/mol. The lowest BCUT2D eigenvalue weighted by molar-refractivity contribution is -0.137. The summed E-state index contributed by atoms with van der Waals surface area (Å²) < 4.78 is 41.7. The Labute approximate surface area is 124 Å². The second-order valence-electron chi connectivity index (χ2n) is 4.66. The lowest BCUT2D eigenvalue weighted by Gasteiger charge is -2.10. The average Bonchev–Trinajstić information content (AvgIpc) is 2.85. The minimum atomic E-state index is -4.41. The third-order valence-corrected chi connectivity index (χ3v) is 3.81. The van der Waals surface area contributed by atoms with Crippen molar-refractivity contribution in [2.75, 3.05) is 0 Å². The maximum Gasteiger partial charge on any atom is 0.416 e. The molecule has 0 spiro atoms. The number of benzene rings is 1. The number of carbonyl (C=O) groups is 1. The van der Waals surface area contributed by atoms with E-state index < -0.39 is 11.7 Å². The molecule has 0 amide bonds. The summed E-state index contributed by atoms with van der Waals surface area (Å²) in [6, 6.07) is 3.13. The summed E-state index contributed by atoms with van der Waals surface area (Å²) in [7, 11) is 0. The van der Waals surface area contributed by atoms with Gasteiger partial charge in [0.2, 0.25) is 5.78 Å². The summed E-state index contributed by atoms with van der Waals surface area (Å²) in [5.74, 6) is -0.320. The van der Waals surface area contributed by atoms with Crippen molar-refractivity contribution in [3.05, 3.63) is 45.5 Å². The molecule has 2 rings (SSSR count). The zero-order valence-corrected chi connectivity index (χ0v) is 12.3. The third-order valence-electron chi connectivity index (χ3n) is 3.05. The van der Waals surface area contributed by atoms with E-state index in [1.807, 2.05) is 6.92 Å². The van der Waals surface area contributed by atoms with E-state index >= 15 is 0 Å². The molecule has 7 heteroatoms. The smallest absolute Gasteiger partial charge is 0.288 e. The van der Waals surface area contributed by atoms with Crippen LogP contribution in [0.15, 0.2) is 18.2 Å². The molecule has 0 aliphatic heterocycles. The first-order chi connectivity index (χ1) is 9.84. The van der Waals surface area contributed by atoms with Crippen LogP contribution in [0.1, 0.15) is 45.4 Å². The molecule has 0 unspecified atom stereocenters. The van der Waals surface area contributed by atoms with Crippen molar-refractivity contribution < 1.29 is 18.0 Å². The molecule has 0 radical (unpaired) electrons. The summed E-state index contributed by atoms with van der Waals surface area (Å²) in [4.78, 5) is 12.8. The van der Waals surface area contributed by atoms with Gasteiger partial charge in [-0.15, -0.1) is 5.10 Å². The number of alkyl halides is 3. The maximum atomic E-state index is 12.6. The van der Waals surface area contributed by atoms with Crippen LogP contribution in [0.2, 0.25) is 0 Å². The number of ketones is 1. The predicted octanol–water partition coefficient (Wildman–Crippen LogP) is 4.05. The molecule has 0 aliphatic carbocycles. The summed E-state index contributed by atoms with van der Waals surface area (Å²) in [5.41, 5.74) is 0.400. The Morgan fingerprint density at radius 2 is 2.05 bits per heavy atom. The van der Waals surface area contributed by atoms with Gasteiger partial charge in [-0.25, -0.2) is 0 Å². The normalized spacial score (nSPS) is 11.7. The number of rotatable bonds is 4. The number of hydrogen-bond acceptors (Lipinski definition) is 4. The highest BCUT2D eigenvalue weighted by atomic mass is 32.1. The van der Waals surface area contributed by atoms with Gasteiger partial charge in [0, 0.05) is 5.56 Å². The van der Waals surface area contributed by atoms with Crippen molar-refractivity contribution in [1.82, 2.24) is 9.59 Å². The van der Waals surface area contributed by atoms with Crippen LogP contribution in [0.25, 0.3) is 0 Å². The van der Waals surface area contributed by atoms with Crippen molar-refractivity contribution in [3.8, 4) is 0 Å².